The first-order valence-electron chi connectivity index (χ1n) is 5.83. The lowest BCUT2D eigenvalue weighted by molar-refractivity contribution is 0.184. The number of hydrogen-bond donors (Lipinski definition) is 1. The smallest absolute Gasteiger partial charge is 0.231 e. The zero-order chi connectivity index (χ0) is 11.7. The van der Waals surface area contributed by atoms with Gasteiger partial charge in [-0.3, -0.25) is 0 Å². The molecule has 1 aromatic heterocycles. The number of aliphatic hydroxyl groups is 1. The molecule has 16 heavy (non-hydrogen) atoms. The van der Waals surface area contributed by atoms with Crippen LogP contribution in [-0.4, -0.2) is 39.3 Å². The van der Waals surface area contributed by atoms with Gasteiger partial charge in [-0.2, -0.15) is 4.98 Å². The van der Waals surface area contributed by atoms with E-state index in [0.717, 1.165) is 19.5 Å². The lowest BCUT2D eigenvalue weighted by Crippen LogP contribution is -2.27. The molecule has 0 bridgehead atoms. The van der Waals surface area contributed by atoms with Crippen molar-refractivity contribution in [3.05, 3.63) is 11.7 Å². The molecule has 1 fully saturated rings. The van der Waals surface area contributed by atoms with Crippen LogP contribution in [0.1, 0.15) is 50.9 Å². The highest BCUT2D eigenvalue weighted by Crippen LogP contribution is 2.27. The van der Waals surface area contributed by atoms with Crippen LogP contribution in [0.25, 0.3) is 0 Å². The van der Waals surface area contributed by atoms with E-state index in [4.69, 9.17) is 4.52 Å². The summed E-state index contributed by atoms with van der Waals surface area (Å²) in [6, 6.07) is 0.559. The van der Waals surface area contributed by atoms with Crippen molar-refractivity contribution in [2.24, 2.45) is 0 Å². The average molecular weight is 225 g/mol. The number of nitrogens with zero attached hydrogens (tertiary/aromatic N) is 3. The van der Waals surface area contributed by atoms with E-state index in [1.165, 1.54) is 0 Å². The molecule has 0 spiro atoms. The normalized spacial score (nSPS) is 24.2. The minimum absolute atomic E-state index is 0.322. The topological polar surface area (TPSA) is 62.4 Å². The Morgan fingerprint density at radius 1 is 1.44 bits per heavy atom. The largest absolute Gasteiger partial charge is 0.385 e. The van der Waals surface area contributed by atoms with Crippen molar-refractivity contribution in [2.75, 3.05) is 13.1 Å². The van der Waals surface area contributed by atoms with Crippen LogP contribution in [-0.2, 0) is 0 Å². The molecule has 0 amide bonds. The van der Waals surface area contributed by atoms with Crippen molar-refractivity contribution in [1.82, 2.24) is 15.0 Å². The highest BCUT2D eigenvalue weighted by Gasteiger charge is 2.29. The van der Waals surface area contributed by atoms with Crippen LogP contribution < -0.4 is 0 Å². The number of rotatable bonds is 3. The van der Waals surface area contributed by atoms with Crippen molar-refractivity contribution in [3.63, 3.8) is 0 Å². The Bertz CT molecular complexity index is 349. The molecule has 5 heteroatoms. The van der Waals surface area contributed by atoms with Gasteiger partial charge in [0, 0.05) is 12.6 Å². The summed E-state index contributed by atoms with van der Waals surface area (Å²) in [5, 5.41) is 13.1. The van der Waals surface area contributed by atoms with E-state index in [1.807, 2.05) is 0 Å². The second-order valence-electron chi connectivity index (χ2n) is 4.74. The fourth-order valence-corrected chi connectivity index (χ4v) is 2.04. The van der Waals surface area contributed by atoms with E-state index >= 15 is 0 Å². The van der Waals surface area contributed by atoms with Gasteiger partial charge in [-0.15, -0.1) is 0 Å². The molecule has 1 aliphatic rings. The zero-order valence-corrected chi connectivity index (χ0v) is 10.1. The van der Waals surface area contributed by atoms with E-state index in [9.17, 15) is 5.11 Å². The predicted molar refractivity (Wildman–Crippen MR) is 59.0 cm³/mol. The Morgan fingerprint density at radius 3 is 2.69 bits per heavy atom. The Hall–Kier alpha value is -0.940. The molecule has 0 radical (unpaired) electrons. The highest BCUT2D eigenvalue weighted by atomic mass is 16.5. The van der Waals surface area contributed by atoms with Crippen LogP contribution in [0.2, 0.25) is 0 Å². The second kappa shape index (κ2) is 4.51. The molecule has 2 unspecified atom stereocenters. The maximum absolute atomic E-state index is 9.32. The van der Waals surface area contributed by atoms with E-state index in [1.54, 1.807) is 6.92 Å². The van der Waals surface area contributed by atoms with Crippen molar-refractivity contribution < 1.29 is 9.63 Å². The Morgan fingerprint density at radius 2 is 2.19 bits per heavy atom. The summed E-state index contributed by atoms with van der Waals surface area (Å²) in [6.45, 7) is 8.08. The fourth-order valence-electron chi connectivity index (χ4n) is 2.04. The van der Waals surface area contributed by atoms with E-state index in [0.29, 0.717) is 23.7 Å². The van der Waals surface area contributed by atoms with Crippen LogP contribution in [0.15, 0.2) is 4.52 Å². The van der Waals surface area contributed by atoms with Gasteiger partial charge in [0.2, 0.25) is 5.89 Å². The molecule has 0 aliphatic carbocycles. The van der Waals surface area contributed by atoms with Crippen LogP contribution >= 0.6 is 0 Å². The fraction of sp³-hybridized carbons (Fsp3) is 0.818. The molecule has 2 atom stereocenters. The van der Waals surface area contributed by atoms with Gasteiger partial charge in [0.1, 0.15) is 6.10 Å². The van der Waals surface area contributed by atoms with Crippen molar-refractivity contribution in [1.29, 1.82) is 0 Å². The number of likely N-dealkylation sites (tertiary alicyclic amines) is 1. The van der Waals surface area contributed by atoms with E-state index in [-0.39, 0.29) is 0 Å². The Balaban J connectivity index is 2.03. The summed E-state index contributed by atoms with van der Waals surface area (Å²) in [5.41, 5.74) is 0. The van der Waals surface area contributed by atoms with Crippen LogP contribution in [0.3, 0.4) is 0 Å². The Kier molecular flexibility index (Phi) is 3.25. The summed E-state index contributed by atoms with van der Waals surface area (Å²) in [5.74, 6) is 1.37. The number of aliphatic hydroxyl groups excluding tert-OH is 1. The summed E-state index contributed by atoms with van der Waals surface area (Å²) >= 11 is 0. The zero-order valence-electron chi connectivity index (χ0n) is 10.1. The van der Waals surface area contributed by atoms with E-state index < -0.39 is 6.10 Å². The molecule has 2 heterocycles. The van der Waals surface area contributed by atoms with Gasteiger partial charge in [-0.25, -0.2) is 0 Å². The first kappa shape index (κ1) is 11.5. The third kappa shape index (κ3) is 2.25. The average Bonchev–Trinajstić information content (AvgIpc) is 2.86. The molecule has 1 aliphatic heterocycles. The monoisotopic (exact) mass is 225 g/mol. The molecule has 0 aromatic carbocycles. The van der Waals surface area contributed by atoms with Crippen molar-refractivity contribution in [2.45, 2.75) is 45.3 Å². The van der Waals surface area contributed by atoms with Crippen LogP contribution in [0, 0.1) is 0 Å². The molecule has 1 N–H and O–H groups in total. The maximum Gasteiger partial charge on any atom is 0.231 e. The van der Waals surface area contributed by atoms with Gasteiger partial charge in [0.15, 0.2) is 5.82 Å². The number of hydrogen-bond acceptors (Lipinski definition) is 5. The molecule has 2 rings (SSSR count). The van der Waals surface area contributed by atoms with Gasteiger partial charge < -0.3 is 14.5 Å². The van der Waals surface area contributed by atoms with Crippen molar-refractivity contribution >= 4 is 0 Å². The first-order valence-corrected chi connectivity index (χ1v) is 5.83. The van der Waals surface area contributed by atoms with Crippen molar-refractivity contribution in [3.8, 4) is 0 Å². The molecule has 0 saturated carbocycles. The summed E-state index contributed by atoms with van der Waals surface area (Å²) < 4.78 is 5.19. The SMILES string of the molecule is CC(O)c1noc(C2CCN(C(C)C)C2)n1. The summed E-state index contributed by atoms with van der Waals surface area (Å²) in [6.07, 6.45) is 0.403. The van der Waals surface area contributed by atoms with Gasteiger partial charge in [-0.1, -0.05) is 5.16 Å². The van der Waals surface area contributed by atoms with Gasteiger partial charge in [0.25, 0.3) is 0 Å². The molecule has 1 saturated heterocycles. The minimum Gasteiger partial charge on any atom is -0.385 e. The highest BCUT2D eigenvalue weighted by molar-refractivity contribution is 5.00. The molecule has 1 aromatic rings. The quantitative estimate of drug-likeness (QED) is 0.840. The third-order valence-corrected chi connectivity index (χ3v) is 3.13. The first-order chi connectivity index (χ1) is 7.58. The number of aromatic nitrogens is 2. The maximum atomic E-state index is 9.32. The second-order valence-corrected chi connectivity index (χ2v) is 4.74. The third-order valence-electron chi connectivity index (χ3n) is 3.13. The molecular weight excluding hydrogens is 206 g/mol. The summed E-state index contributed by atoms with van der Waals surface area (Å²) in [4.78, 5) is 6.63. The minimum atomic E-state index is -0.653. The molecule has 90 valence electrons. The van der Waals surface area contributed by atoms with E-state index in [2.05, 4.69) is 28.9 Å². The molecular formula is C11H19N3O2. The lowest BCUT2D eigenvalue weighted by Gasteiger charge is -2.19. The van der Waals surface area contributed by atoms with Crippen LogP contribution in [0.4, 0.5) is 0 Å². The standard InChI is InChI=1S/C11H19N3O2/c1-7(2)14-5-4-9(6-14)11-12-10(8(3)15)13-16-11/h7-9,15H,4-6H2,1-3H3. The van der Waals surface area contributed by atoms with Gasteiger partial charge in [-0.05, 0) is 33.7 Å². The lowest BCUT2D eigenvalue weighted by atomic mass is 10.1. The predicted octanol–water partition coefficient (Wildman–Crippen LogP) is 1.32. The van der Waals surface area contributed by atoms with Crippen LogP contribution in [0.5, 0.6) is 0 Å². The van der Waals surface area contributed by atoms with Gasteiger partial charge in [0.05, 0.1) is 5.92 Å². The summed E-state index contributed by atoms with van der Waals surface area (Å²) in [7, 11) is 0. The van der Waals surface area contributed by atoms with Gasteiger partial charge >= 0.3 is 0 Å². The Labute approximate surface area is 95.4 Å². The molecule has 5 nitrogen and oxygen atoms in total.